The number of alkyl halides is 3. The summed E-state index contributed by atoms with van der Waals surface area (Å²) < 4.78 is 38.9. The Bertz CT molecular complexity index is 633. The third-order valence-corrected chi connectivity index (χ3v) is 5.01. The van der Waals surface area contributed by atoms with Crippen molar-refractivity contribution in [1.82, 2.24) is 4.98 Å². The van der Waals surface area contributed by atoms with Crippen LogP contribution in [0.25, 0.3) is 0 Å². The van der Waals surface area contributed by atoms with Crippen LogP contribution >= 0.6 is 27.3 Å². The zero-order valence-corrected chi connectivity index (χ0v) is 13.9. The number of rotatable bonds is 3. The maximum Gasteiger partial charge on any atom is 0.416 e. The fourth-order valence-electron chi connectivity index (χ4n) is 1.93. The standard InChI is InChI=1S/C14H14BrF3N2S/c1-7-8(2)21-13(20-7)6-12(19)10-5-9(14(16,17)18)3-4-11(10)15/h3-5,12H,6,19H2,1-2H3. The number of hydrogen-bond donors (Lipinski definition) is 1. The van der Waals surface area contributed by atoms with Crippen molar-refractivity contribution in [2.75, 3.05) is 0 Å². The largest absolute Gasteiger partial charge is 0.416 e. The second kappa shape index (κ2) is 6.06. The number of thiazole rings is 1. The van der Waals surface area contributed by atoms with Gasteiger partial charge in [0, 0.05) is 21.8 Å². The van der Waals surface area contributed by atoms with E-state index in [-0.39, 0.29) is 0 Å². The molecule has 1 heterocycles. The Balaban J connectivity index is 2.28. The normalized spacial score (nSPS) is 13.5. The lowest BCUT2D eigenvalue weighted by Crippen LogP contribution is -2.15. The quantitative estimate of drug-likeness (QED) is 0.834. The van der Waals surface area contributed by atoms with Gasteiger partial charge in [-0.15, -0.1) is 11.3 Å². The van der Waals surface area contributed by atoms with E-state index in [1.54, 1.807) is 0 Å². The second-order valence-electron chi connectivity index (χ2n) is 4.79. The Hall–Kier alpha value is -0.920. The molecule has 1 unspecified atom stereocenters. The zero-order valence-electron chi connectivity index (χ0n) is 11.5. The van der Waals surface area contributed by atoms with E-state index in [0.29, 0.717) is 16.5 Å². The molecule has 0 spiro atoms. The van der Waals surface area contributed by atoms with Crippen LogP contribution in [-0.2, 0) is 12.6 Å². The molecule has 0 amide bonds. The Morgan fingerprint density at radius 2 is 2.00 bits per heavy atom. The monoisotopic (exact) mass is 378 g/mol. The molecule has 1 aromatic carbocycles. The molecule has 0 saturated carbocycles. The van der Waals surface area contributed by atoms with Gasteiger partial charge in [0.05, 0.1) is 16.3 Å². The predicted octanol–water partition coefficient (Wildman–Crippen LogP) is 4.78. The first kappa shape index (κ1) is 16.5. The van der Waals surface area contributed by atoms with Gasteiger partial charge in [-0.25, -0.2) is 4.98 Å². The van der Waals surface area contributed by atoms with E-state index < -0.39 is 17.8 Å². The highest BCUT2D eigenvalue weighted by Gasteiger charge is 2.31. The molecule has 1 atom stereocenters. The highest BCUT2D eigenvalue weighted by molar-refractivity contribution is 9.10. The molecular weight excluding hydrogens is 365 g/mol. The molecule has 0 saturated heterocycles. The molecule has 0 aliphatic carbocycles. The van der Waals surface area contributed by atoms with Crippen molar-refractivity contribution in [1.29, 1.82) is 0 Å². The van der Waals surface area contributed by atoms with Crippen LogP contribution in [0.3, 0.4) is 0 Å². The third kappa shape index (κ3) is 3.84. The molecule has 0 bridgehead atoms. The minimum absolute atomic E-state index is 0.416. The highest BCUT2D eigenvalue weighted by Crippen LogP contribution is 2.34. The van der Waals surface area contributed by atoms with Crippen molar-refractivity contribution < 1.29 is 13.2 Å². The SMILES string of the molecule is Cc1nc(CC(N)c2cc(C(F)(F)F)ccc2Br)sc1C. The number of nitrogens with zero attached hydrogens (tertiary/aromatic N) is 1. The van der Waals surface area contributed by atoms with Gasteiger partial charge in [0.15, 0.2) is 0 Å². The molecule has 1 aromatic heterocycles. The Morgan fingerprint density at radius 3 is 2.52 bits per heavy atom. The summed E-state index contributed by atoms with van der Waals surface area (Å²) in [4.78, 5) is 5.48. The molecule has 2 rings (SSSR count). The summed E-state index contributed by atoms with van der Waals surface area (Å²) in [6.45, 7) is 3.86. The average molecular weight is 379 g/mol. The van der Waals surface area contributed by atoms with E-state index in [2.05, 4.69) is 20.9 Å². The molecule has 114 valence electrons. The van der Waals surface area contributed by atoms with Gasteiger partial charge in [0.1, 0.15) is 0 Å². The lowest BCUT2D eigenvalue weighted by molar-refractivity contribution is -0.137. The van der Waals surface area contributed by atoms with Gasteiger partial charge in [0.25, 0.3) is 0 Å². The molecule has 2 N–H and O–H groups in total. The van der Waals surface area contributed by atoms with E-state index in [1.807, 2.05) is 13.8 Å². The van der Waals surface area contributed by atoms with Crippen LogP contribution in [0, 0.1) is 13.8 Å². The summed E-state index contributed by atoms with van der Waals surface area (Å²) in [7, 11) is 0. The van der Waals surface area contributed by atoms with Crippen molar-refractivity contribution >= 4 is 27.3 Å². The second-order valence-corrected chi connectivity index (χ2v) is 6.94. The van der Waals surface area contributed by atoms with Crippen LogP contribution < -0.4 is 5.73 Å². The van der Waals surface area contributed by atoms with Crippen LogP contribution in [0.5, 0.6) is 0 Å². The first-order valence-corrected chi connectivity index (χ1v) is 7.84. The maximum absolute atomic E-state index is 12.8. The minimum Gasteiger partial charge on any atom is -0.324 e. The van der Waals surface area contributed by atoms with Crippen LogP contribution in [-0.4, -0.2) is 4.98 Å². The Morgan fingerprint density at radius 1 is 1.33 bits per heavy atom. The van der Waals surface area contributed by atoms with E-state index in [1.165, 1.54) is 17.4 Å². The lowest BCUT2D eigenvalue weighted by Gasteiger charge is -2.15. The molecule has 0 aliphatic heterocycles. The van der Waals surface area contributed by atoms with Crippen molar-refractivity contribution in [3.05, 3.63) is 49.4 Å². The molecule has 0 aliphatic rings. The average Bonchev–Trinajstić information content (AvgIpc) is 2.67. The molecule has 0 fully saturated rings. The summed E-state index contributed by atoms with van der Waals surface area (Å²) in [6.07, 6.45) is -3.96. The minimum atomic E-state index is -4.37. The van der Waals surface area contributed by atoms with Gasteiger partial charge in [-0.05, 0) is 37.6 Å². The van der Waals surface area contributed by atoms with Gasteiger partial charge in [0.2, 0.25) is 0 Å². The highest BCUT2D eigenvalue weighted by atomic mass is 79.9. The van der Waals surface area contributed by atoms with E-state index >= 15 is 0 Å². The lowest BCUT2D eigenvalue weighted by atomic mass is 10.0. The molecular formula is C14H14BrF3N2S. The van der Waals surface area contributed by atoms with Crippen LogP contribution in [0.2, 0.25) is 0 Å². The van der Waals surface area contributed by atoms with Crippen LogP contribution in [0.4, 0.5) is 13.2 Å². The van der Waals surface area contributed by atoms with Crippen LogP contribution in [0.15, 0.2) is 22.7 Å². The third-order valence-electron chi connectivity index (χ3n) is 3.19. The molecule has 0 radical (unpaired) electrons. The number of benzene rings is 1. The Kier molecular flexibility index (Phi) is 4.75. The van der Waals surface area contributed by atoms with Gasteiger partial charge < -0.3 is 5.73 Å². The summed E-state index contributed by atoms with van der Waals surface area (Å²) in [5.74, 6) is 0. The Labute approximate surface area is 133 Å². The van der Waals surface area contributed by atoms with Crippen molar-refractivity contribution in [3.8, 4) is 0 Å². The maximum atomic E-state index is 12.8. The van der Waals surface area contributed by atoms with E-state index in [4.69, 9.17) is 5.73 Å². The summed E-state index contributed by atoms with van der Waals surface area (Å²) >= 11 is 4.79. The van der Waals surface area contributed by atoms with Crippen molar-refractivity contribution in [2.45, 2.75) is 32.5 Å². The summed E-state index contributed by atoms with van der Waals surface area (Å²) in [6, 6.07) is 2.99. The predicted molar refractivity (Wildman–Crippen MR) is 81.4 cm³/mol. The summed E-state index contributed by atoms with van der Waals surface area (Å²) in [5, 5.41) is 0.835. The number of nitrogens with two attached hydrogens (primary N) is 1. The zero-order chi connectivity index (χ0) is 15.8. The number of hydrogen-bond acceptors (Lipinski definition) is 3. The molecule has 7 heteroatoms. The number of aryl methyl sites for hydroxylation is 2. The van der Waals surface area contributed by atoms with Gasteiger partial charge in [-0.3, -0.25) is 0 Å². The van der Waals surface area contributed by atoms with Crippen molar-refractivity contribution in [2.24, 2.45) is 5.73 Å². The number of aromatic nitrogens is 1. The fourth-order valence-corrected chi connectivity index (χ4v) is 3.46. The first-order valence-electron chi connectivity index (χ1n) is 6.23. The molecule has 2 nitrogen and oxygen atoms in total. The topological polar surface area (TPSA) is 38.9 Å². The number of halogens is 4. The smallest absolute Gasteiger partial charge is 0.324 e. The fraction of sp³-hybridized carbons (Fsp3) is 0.357. The van der Waals surface area contributed by atoms with Gasteiger partial charge >= 0.3 is 6.18 Å². The van der Waals surface area contributed by atoms with Gasteiger partial charge in [-0.2, -0.15) is 13.2 Å². The first-order chi connectivity index (χ1) is 9.68. The molecule has 2 aromatic rings. The summed E-state index contributed by atoms with van der Waals surface area (Å²) in [5.41, 5.74) is 6.75. The van der Waals surface area contributed by atoms with E-state index in [9.17, 15) is 13.2 Å². The van der Waals surface area contributed by atoms with Crippen LogP contribution in [0.1, 0.15) is 32.7 Å². The molecule has 21 heavy (non-hydrogen) atoms. The van der Waals surface area contributed by atoms with Crippen molar-refractivity contribution in [3.63, 3.8) is 0 Å². The van der Waals surface area contributed by atoms with E-state index in [0.717, 1.165) is 27.7 Å². The van der Waals surface area contributed by atoms with Gasteiger partial charge in [-0.1, -0.05) is 15.9 Å².